The van der Waals surface area contributed by atoms with Crippen molar-refractivity contribution in [3.05, 3.63) is 36.5 Å². The SMILES string of the molecule is CCCCCCCCC/C=C/CC/C=C/C(O)C(COC1OC(CO)C(OC2OC(CO)C(OC3OC(CO)C(O)C(O)C3O)C(O)C2O)C(O)C1O)NC(=O)CCCCCCCCCCCCCCCCCCCCCCCCCCCCC/C=C\CCCCCCCCCC. The first-order valence-corrected chi connectivity index (χ1v) is 39.7. The molecule has 17 atom stereocenters. The smallest absolute Gasteiger partial charge is 0.220 e. The minimum absolute atomic E-state index is 0.240. The van der Waals surface area contributed by atoms with E-state index in [1.54, 1.807) is 6.08 Å². The molecule has 3 aliphatic rings. The van der Waals surface area contributed by atoms with Gasteiger partial charge in [0, 0.05) is 6.42 Å². The third kappa shape index (κ3) is 40.0. The molecule has 1 amide bonds. The molecule has 17 unspecified atom stereocenters. The van der Waals surface area contributed by atoms with Crippen molar-refractivity contribution in [3.8, 4) is 0 Å². The van der Waals surface area contributed by atoms with E-state index in [1.807, 2.05) is 6.08 Å². The minimum Gasteiger partial charge on any atom is -0.394 e. The highest BCUT2D eigenvalue weighted by Crippen LogP contribution is 2.33. The molecule has 0 aromatic heterocycles. The maximum Gasteiger partial charge on any atom is 0.220 e. The Hall–Kier alpha value is -1.99. The fourth-order valence-electron chi connectivity index (χ4n) is 13.5. The monoisotopic (exact) mass is 1380 g/mol. The lowest BCUT2D eigenvalue weighted by molar-refractivity contribution is -0.379. The van der Waals surface area contributed by atoms with Crippen molar-refractivity contribution in [2.45, 2.75) is 426 Å². The summed E-state index contributed by atoms with van der Waals surface area (Å²) in [5.41, 5.74) is 0. The van der Waals surface area contributed by atoms with Crippen LogP contribution in [0.25, 0.3) is 0 Å². The molecule has 570 valence electrons. The maximum absolute atomic E-state index is 13.4. The molecule has 12 N–H and O–H groups in total. The van der Waals surface area contributed by atoms with Gasteiger partial charge in [0.25, 0.3) is 0 Å². The summed E-state index contributed by atoms with van der Waals surface area (Å²) in [7, 11) is 0. The van der Waals surface area contributed by atoms with Crippen molar-refractivity contribution in [1.82, 2.24) is 5.32 Å². The standard InChI is InChI=1S/C78H145NO18/c1-3-5-7-9-11-13-15-17-18-19-20-21-22-23-24-25-26-27-28-29-30-31-32-33-34-35-36-37-38-39-40-41-42-44-46-48-50-52-54-56-66(84)79-61(62(83)55-53-51-49-47-45-43-16-14-12-10-8-6-4-2)60-92-76-72(90)69(87)74(64(58-81)94-76)97-78-73(91)70(88)75(65(59-82)95-78)96-77-71(89)68(86)67(85)63(57-80)93-77/h19-20,45,47,53,55,61-65,67-78,80-83,85-91H,3-18,21-44,46,48-52,54,56-60H2,1-2H3,(H,79,84)/b20-19-,47-45+,55-53+. The molecule has 97 heavy (non-hydrogen) atoms. The van der Waals surface area contributed by atoms with Gasteiger partial charge in [-0.3, -0.25) is 4.79 Å². The summed E-state index contributed by atoms with van der Waals surface area (Å²) >= 11 is 0. The molecular weight excluding hydrogens is 1240 g/mol. The zero-order valence-corrected chi connectivity index (χ0v) is 60.8. The van der Waals surface area contributed by atoms with E-state index in [1.165, 1.54) is 250 Å². The maximum atomic E-state index is 13.4. The Morgan fingerprint density at radius 2 is 0.660 bits per heavy atom. The Bertz CT molecular complexity index is 1900. The number of allylic oxidation sites excluding steroid dienone is 5. The average Bonchev–Trinajstić information content (AvgIpc) is 0.792. The Morgan fingerprint density at radius 3 is 1.03 bits per heavy atom. The lowest BCUT2D eigenvalue weighted by Gasteiger charge is -2.48. The molecule has 0 aromatic carbocycles. The van der Waals surface area contributed by atoms with E-state index in [9.17, 15) is 61.0 Å². The van der Waals surface area contributed by atoms with Crippen LogP contribution in [0, 0.1) is 0 Å². The Kier molecular flexibility index (Phi) is 54.6. The highest BCUT2D eigenvalue weighted by Gasteiger charge is 2.53. The molecular formula is C78H145NO18. The largest absolute Gasteiger partial charge is 0.394 e. The fraction of sp³-hybridized carbons (Fsp3) is 0.910. The van der Waals surface area contributed by atoms with Crippen molar-refractivity contribution in [2.24, 2.45) is 0 Å². The number of amides is 1. The first kappa shape index (κ1) is 89.2. The summed E-state index contributed by atoms with van der Waals surface area (Å²) in [5.74, 6) is -0.281. The van der Waals surface area contributed by atoms with E-state index < -0.39 is 124 Å². The third-order valence-electron chi connectivity index (χ3n) is 19.9. The van der Waals surface area contributed by atoms with Crippen LogP contribution >= 0.6 is 0 Å². The van der Waals surface area contributed by atoms with Crippen LogP contribution in [0.4, 0.5) is 0 Å². The van der Waals surface area contributed by atoms with E-state index in [0.29, 0.717) is 12.8 Å². The van der Waals surface area contributed by atoms with E-state index in [4.69, 9.17) is 28.4 Å². The molecule has 3 heterocycles. The van der Waals surface area contributed by atoms with Gasteiger partial charge in [-0.05, 0) is 57.8 Å². The van der Waals surface area contributed by atoms with Crippen LogP contribution in [0.5, 0.6) is 0 Å². The number of carbonyl (C=O) groups excluding carboxylic acids is 1. The highest BCUT2D eigenvalue weighted by atomic mass is 16.8. The number of hydrogen-bond donors (Lipinski definition) is 12. The second kappa shape index (κ2) is 59.4. The molecule has 3 saturated heterocycles. The van der Waals surface area contributed by atoms with Crippen LogP contribution in [0.3, 0.4) is 0 Å². The van der Waals surface area contributed by atoms with Crippen molar-refractivity contribution < 1.29 is 89.4 Å². The number of aliphatic hydroxyl groups excluding tert-OH is 11. The zero-order chi connectivity index (χ0) is 70.4. The minimum atomic E-state index is -1.98. The van der Waals surface area contributed by atoms with Crippen molar-refractivity contribution in [3.63, 3.8) is 0 Å². The van der Waals surface area contributed by atoms with Gasteiger partial charge in [0.1, 0.15) is 73.2 Å². The van der Waals surface area contributed by atoms with Crippen LogP contribution in [-0.4, -0.2) is 193 Å². The van der Waals surface area contributed by atoms with Crippen LogP contribution in [-0.2, 0) is 33.2 Å². The van der Waals surface area contributed by atoms with Crippen LogP contribution in [0.1, 0.15) is 322 Å². The molecule has 0 saturated carbocycles. The van der Waals surface area contributed by atoms with Gasteiger partial charge in [-0.1, -0.05) is 294 Å². The van der Waals surface area contributed by atoms with Gasteiger partial charge in [0.15, 0.2) is 18.9 Å². The van der Waals surface area contributed by atoms with E-state index in [-0.39, 0.29) is 18.9 Å². The number of unbranched alkanes of at least 4 members (excludes halogenated alkanes) is 43. The van der Waals surface area contributed by atoms with Gasteiger partial charge in [0.2, 0.25) is 5.91 Å². The first-order chi connectivity index (χ1) is 47.3. The van der Waals surface area contributed by atoms with Gasteiger partial charge in [-0.2, -0.15) is 0 Å². The quantitative estimate of drug-likeness (QED) is 0.0199. The molecule has 0 aromatic rings. The summed E-state index contributed by atoms with van der Waals surface area (Å²) in [5, 5.41) is 120. The molecule has 0 aliphatic carbocycles. The number of carbonyl (C=O) groups is 1. The lowest BCUT2D eigenvalue weighted by atomic mass is 9.96. The number of rotatable bonds is 63. The highest BCUT2D eigenvalue weighted by molar-refractivity contribution is 5.76. The van der Waals surface area contributed by atoms with Crippen molar-refractivity contribution >= 4 is 5.91 Å². The van der Waals surface area contributed by atoms with Gasteiger partial charge in [-0.15, -0.1) is 0 Å². The fourth-order valence-corrected chi connectivity index (χ4v) is 13.5. The first-order valence-electron chi connectivity index (χ1n) is 39.7. The predicted molar refractivity (Wildman–Crippen MR) is 383 cm³/mol. The molecule has 3 aliphatic heterocycles. The van der Waals surface area contributed by atoms with Crippen LogP contribution in [0.15, 0.2) is 36.5 Å². The number of aliphatic hydroxyl groups is 11. The Balaban J connectivity index is 1.28. The lowest BCUT2D eigenvalue weighted by Crippen LogP contribution is -2.66. The predicted octanol–water partition coefficient (Wildman–Crippen LogP) is 12.7. The Morgan fingerprint density at radius 1 is 0.361 bits per heavy atom. The van der Waals surface area contributed by atoms with E-state index in [2.05, 4.69) is 43.5 Å². The zero-order valence-electron chi connectivity index (χ0n) is 60.8. The van der Waals surface area contributed by atoms with Crippen molar-refractivity contribution in [1.29, 1.82) is 0 Å². The van der Waals surface area contributed by atoms with Crippen molar-refractivity contribution in [2.75, 3.05) is 26.4 Å². The average molecular weight is 1390 g/mol. The molecule has 0 spiro atoms. The topological polar surface area (TPSA) is 307 Å². The summed E-state index contributed by atoms with van der Waals surface area (Å²) in [6, 6.07) is -0.987. The van der Waals surface area contributed by atoms with Crippen LogP contribution < -0.4 is 5.32 Å². The normalized spacial score (nSPS) is 27.0. The second-order valence-corrected chi connectivity index (χ2v) is 28.5. The summed E-state index contributed by atoms with van der Waals surface area (Å²) in [6.45, 7) is 1.73. The summed E-state index contributed by atoms with van der Waals surface area (Å²) in [4.78, 5) is 13.4. The molecule has 3 rings (SSSR count). The number of nitrogens with one attached hydrogen (secondary N) is 1. The molecule has 0 bridgehead atoms. The van der Waals surface area contributed by atoms with Gasteiger partial charge < -0.3 is 89.9 Å². The van der Waals surface area contributed by atoms with E-state index in [0.717, 1.165) is 38.5 Å². The van der Waals surface area contributed by atoms with Gasteiger partial charge in [-0.25, -0.2) is 0 Å². The Labute approximate surface area is 587 Å². The third-order valence-corrected chi connectivity index (χ3v) is 19.9. The molecule has 19 heteroatoms. The summed E-state index contributed by atoms with van der Waals surface area (Å²) < 4.78 is 34.3. The van der Waals surface area contributed by atoms with Gasteiger partial charge >= 0.3 is 0 Å². The number of ether oxygens (including phenoxy) is 6. The molecule has 3 fully saturated rings. The molecule has 0 radical (unpaired) electrons. The number of hydrogen-bond acceptors (Lipinski definition) is 18. The molecule has 19 nitrogen and oxygen atoms in total. The summed E-state index contributed by atoms with van der Waals surface area (Å²) in [6.07, 6.45) is 46.1. The van der Waals surface area contributed by atoms with Crippen LogP contribution in [0.2, 0.25) is 0 Å². The second-order valence-electron chi connectivity index (χ2n) is 28.5. The van der Waals surface area contributed by atoms with E-state index >= 15 is 0 Å². The van der Waals surface area contributed by atoms with Gasteiger partial charge in [0.05, 0.1) is 38.6 Å².